The highest BCUT2D eigenvalue weighted by Crippen LogP contribution is 2.63. The lowest BCUT2D eigenvalue weighted by molar-refractivity contribution is -0.114. The van der Waals surface area contributed by atoms with Crippen molar-refractivity contribution in [3.8, 4) is 0 Å². The number of aliphatic hydroxyl groups is 1. The first kappa shape index (κ1) is 21.6. The molecule has 1 aromatic carbocycles. The van der Waals surface area contributed by atoms with Gasteiger partial charge in [-0.1, -0.05) is 44.5 Å². The number of ether oxygens (including phenoxy) is 1. The Morgan fingerprint density at radius 2 is 1.76 bits per heavy atom. The van der Waals surface area contributed by atoms with E-state index in [4.69, 9.17) is 16.3 Å². The van der Waals surface area contributed by atoms with Crippen molar-refractivity contribution >= 4 is 11.6 Å². The summed E-state index contributed by atoms with van der Waals surface area (Å²) < 4.78 is 6.37. The van der Waals surface area contributed by atoms with Crippen LogP contribution in [0.15, 0.2) is 24.3 Å². The van der Waals surface area contributed by atoms with Crippen molar-refractivity contribution in [2.45, 2.75) is 58.8 Å². The summed E-state index contributed by atoms with van der Waals surface area (Å²) in [6, 6.07) is 8.13. The van der Waals surface area contributed by atoms with Crippen LogP contribution < -0.4 is 0 Å². The van der Waals surface area contributed by atoms with Crippen molar-refractivity contribution in [1.82, 2.24) is 9.80 Å². The van der Waals surface area contributed by atoms with Gasteiger partial charge in [-0.25, -0.2) is 0 Å². The van der Waals surface area contributed by atoms with Gasteiger partial charge in [-0.3, -0.25) is 9.80 Å². The van der Waals surface area contributed by atoms with E-state index in [1.807, 2.05) is 12.1 Å². The molecule has 2 aliphatic carbocycles. The Morgan fingerprint density at radius 3 is 2.38 bits per heavy atom. The molecule has 0 aromatic heterocycles. The van der Waals surface area contributed by atoms with Gasteiger partial charge in [-0.15, -0.1) is 0 Å². The Morgan fingerprint density at radius 1 is 1.10 bits per heavy atom. The molecule has 4 atom stereocenters. The second-order valence-electron chi connectivity index (χ2n) is 10.5. The molecule has 4 nitrogen and oxygen atoms in total. The minimum Gasteiger partial charge on any atom is -0.389 e. The third-order valence-electron chi connectivity index (χ3n) is 7.85. The van der Waals surface area contributed by atoms with Gasteiger partial charge in [0.2, 0.25) is 0 Å². The second-order valence-corrected chi connectivity index (χ2v) is 10.9. The smallest absolute Gasteiger partial charge is 0.0900 e. The highest BCUT2D eigenvalue weighted by Gasteiger charge is 2.60. The number of halogens is 1. The summed E-state index contributed by atoms with van der Waals surface area (Å²) in [5.41, 5.74) is 1.85. The zero-order chi connectivity index (χ0) is 20.6. The molecule has 162 valence electrons. The van der Waals surface area contributed by atoms with Gasteiger partial charge in [-0.05, 0) is 53.7 Å². The molecule has 0 radical (unpaired) electrons. The Bertz CT molecular complexity index is 682. The molecular weight excluding hydrogens is 384 g/mol. The van der Waals surface area contributed by atoms with E-state index in [1.54, 1.807) is 0 Å². The van der Waals surface area contributed by atoms with Crippen molar-refractivity contribution in [3.63, 3.8) is 0 Å². The third-order valence-corrected chi connectivity index (χ3v) is 8.10. The van der Waals surface area contributed by atoms with Crippen LogP contribution in [0.1, 0.15) is 45.6 Å². The third kappa shape index (κ3) is 4.67. The molecule has 2 bridgehead atoms. The van der Waals surface area contributed by atoms with Crippen molar-refractivity contribution in [2.75, 3.05) is 39.3 Å². The minimum absolute atomic E-state index is 0.236. The highest BCUT2D eigenvalue weighted by molar-refractivity contribution is 6.30. The van der Waals surface area contributed by atoms with Crippen molar-refractivity contribution in [2.24, 2.45) is 16.7 Å². The van der Waals surface area contributed by atoms with Crippen molar-refractivity contribution in [3.05, 3.63) is 34.9 Å². The number of β-amino-alcohol motifs (C(OH)–C–C–N with tert-alkyl or cyclic N) is 1. The quantitative estimate of drug-likeness (QED) is 0.721. The van der Waals surface area contributed by atoms with Gasteiger partial charge in [0.1, 0.15) is 0 Å². The van der Waals surface area contributed by atoms with E-state index in [9.17, 15) is 5.11 Å². The molecule has 5 heteroatoms. The first-order valence-corrected chi connectivity index (χ1v) is 11.6. The van der Waals surface area contributed by atoms with Gasteiger partial charge in [-0.2, -0.15) is 0 Å². The van der Waals surface area contributed by atoms with Gasteiger partial charge in [0.25, 0.3) is 0 Å². The number of piperazine rings is 1. The number of rotatable bonds is 7. The molecule has 4 rings (SSSR count). The first-order chi connectivity index (χ1) is 13.8. The summed E-state index contributed by atoms with van der Waals surface area (Å²) in [5.74, 6) is 0.781. The van der Waals surface area contributed by atoms with Gasteiger partial charge in [0.05, 0.1) is 18.8 Å². The molecule has 3 aliphatic rings. The standard InChI is InChI=1S/C24H37ClN2O2/c1-23(2)19-8-9-24(3,14-19)22(23)29-17-21(28)16-27-12-10-26(11-13-27)15-18-4-6-20(25)7-5-18/h4-7,19,21-22,28H,8-17H2,1-3H3/t19-,21+,22-,24+/m0/s1. The molecular formula is C24H37ClN2O2. The van der Waals surface area contributed by atoms with Crippen LogP contribution >= 0.6 is 11.6 Å². The fraction of sp³-hybridized carbons (Fsp3) is 0.750. The lowest BCUT2D eigenvalue weighted by Gasteiger charge is -2.43. The van der Waals surface area contributed by atoms with Crippen molar-refractivity contribution in [1.29, 1.82) is 0 Å². The van der Waals surface area contributed by atoms with Crippen LogP contribution in [0.5, 0.6) is 0 Å². The number of hydrogen-bond donors (Lipinski definition) is 1. The van der Waals surface area contributed by atoms with Crippen molar-refractivity contribution < 1.29 is 9.84 Å². The van der Waals surface area contributed by atoms with Crippen LogP contribution in [0.25, 0.3) is 0 Å². The molecule has 1 aromatic rings. The van der Waals surface area contributed by atoms with E-state index in [-0.39, 0.29) is 11.5 Å². The molecule has 3 fully saturated rings. The van der Waals surface area contributed by atoms with E-state index in [0.29, 0.717) is 18.6 Å². The summed E-state index contributed by atoms with van der Waals surface area (Å²) in [4.78, 5) is 4.85. The fourth-order valence-corrected chi connectivity index (χ4v) is 6.33. The second kappa shape index (κ2) is 8.47. The van der Waals surface area contributed by atoms with E-state index >= 15 is 0 Å². The van der Waals surface area contributed by atoms with E-state index < -0.39 is 6.10 Å². The maximum Gasteiger partial charge on any atom is 0.0900 e. The molecule has 2 saturated carbocycles. The molecule has 29 heavy (non-hydrogen) atoms. The van der Waals surface area contributed by atoms with E-state index in [1.165, 1.54) is 24.8 Å². The Balaban J connectivity index is 1.19. The zero-order valence-corrected chi connectivity index (χ0v) is 19.0. The molecule has 1 saturated heterocycles. The number of nitrogens with zero attached hydrogens (tertiary/aromatic N) is 2. The average molecular weight is 421 g/mol. The molecule has 0 amide bonds. The average Bonchev–Trinajstić information content (AvgIpc) is 3.16. The number of aliphatic hydroxyl groups excluding tert-OH is 1. The highest BCUT2D eigenvalue weighted by atomic mass is 35.5. The van der Waals surface area contributed by atoms with Crippen LogP contribution in [0.3, 0.4) is 0 Å². The first-order valence-electron chi connectivity index (χ1n) is 11.2. The number of benzene rings is 1. The number of hydrogen-bond acceptors (Lipinski definition) is 4. The molecule has 1 heterocycles. The monoisotopic (exact) mass is 420 g/mol. The predicted molar refractivity (Wildman–Crippen MR) is 118 cm³/mol. The van der Waals surface area contributed by atoms with Gasteiger partial charge in [0.15, 0.2) is 0 Å². The van der Waals surface area contributed by atoms with Gasteiger partial charge >= 0.3 is 0 Å². The molecule has 0 spiro atoms. The summed E-state index contributed by atoms with van der Waals surface area (Å²) in [6.07, 6.45) is 3.77. The minimum atomic E-state index is -0.406. The predicted octanol–water partition coefficient (Wildman–Crippen LogP) is 4.05. The van der Waals surface area contributed by atoms with Gasteiger partial charge < -0.3 is 9.84 Å². The van der Waals surface area contributed by atoms with Crippen LogP contribution in [0, 0.1) is 16.7 Å². The summed E-state index contributed by atoms with van der Waals surface area (Å²) >= 11 is 5.98. The molecule has 1 N–H and O–H groups in total. The Hall–Kier alpha value is -0.650. The normalized spacial score (nSPS) is 33.3. The zero-order valence-electron chi connectivity index (χ0n) is 18.2. The number of fused-ring (bicyclic) bond motifs is 2. The van der Waals surface area contributed by atoms with Crippen LogP contribution in [-0.4, -0.2) is 66.4 Å². The van der Waals surface area contributed by atoms with E-state index in [0.717, 1.165) is 43.7 Å². The van der Waals surface area contributed by atoms with Gasteiger partial charge in [0, 0.05) is 44.3 Å². The summed E-state index contributed by atoms with van der Waals surface area (Å²) in [6.45, 7) is 13.3. The largest absolute Gasteiger partial charge is 0.389 e. The summed E-state index contributed by atoms with van der Waals surface area (Å²) in [5, 5.41) is 11.4. The molecule has 0 unspecified atom stereocenters. The Labute approximate surface area is 181 Å². The topological polar surface area (TPSA) is 35.9 Å². The van der Waals surface area contributed by atoms with Crippen LogP contribution in [0.4, 0.5) is 0 Å². The van der Waals surface area contributed by atoms with Crippen LogP contribution in [0.2, 0.25) is 5.02 Å². The maximum atomic E-state index is 10.6. The van der Waals surface area contributed by atoms with E-state index in [2.05, 4.69) is 42.7 Å². The van der Waals surface area contributed by atoms with Crippen LogP contribution in [-0.2, 0) is 11.3 Å². The summed E-state index contributed by atoms with van der Waals surface area (Å²) in [7, 11) is 0. The Kier molecular flexibility index (Phi) is 6.30. The lowest BCUT2D eigenvalue weighted by atomic mass is 9.70. The lowest BCUT2D eigenvalue weighted by Crippen LogP contribution is -2.49. The SMILES string of the molecule is CC1(C)[C@H]2CC[C@](C)(C2)[C@H]1OC[C@H](O)CN1CCN(Cc2ccc(Cl)cc2)CC1. The maximum absolute atomic E-state index is 10.6. The molecule has 1 aliphatic heterocycles. The fourth-order valence-electron chi connectivity index (χ4n) is 6.21.